The molecule has 0 spiro atoms. The van der Waals surface area contributed by atoms with Gasteiger partial charge in [-0.3, -0.25) is 9.59 Å². The van der Waals surface area contributed by atoms with Crippen LogP contribution in [0.3, 0.4) is 0 Å². The van der Waals surface area contributed by atoms with Crippen molar-refractivity contribution in [3.63, 3.8) is 0 Å². The molecule has 0 saturated carbocycles. The summed E-state index contributed by atoms with van der Waals surface area (Å²) in [6, 6.07) is 14.6. The van der Waals surface area contributed by atoms with E-state index >= 15 is 0 Å². The second-order valence-electron chi connectivity index (χ2n) is 7.99. The molecule has 3 rings (SSSR count). The van der Waals surface area contributed by atoms with Gasteiger partial charge in [0, 0.05) is 18.4 Å². The predicted octanol–water partition coefficient (Wildman–Crippen LogP) is 0.891. The number of nitrogens with one attached hydrogen (secondary N) is 2. The van der Waals surface area contributed by atoms with E-state index in [1.54, 1.807) is 19.2 Å². The van der Waals surface area contributed by atoms with Crippen LogP contribution in [0.25, 0.3) is 0 Å². The standard InChI is InChI=1S/C23H30N4O3/c1-17-4-6-19(7-5-17)24-22(29)16-25(3)23(30)18(2)26-12-14-27(15-13-26)20-8-10-21(28)11-9-20/h4-11,18,28H,12-16H2,1-3H3,(H,24,29)/p+1/t18-/m1/s1. The second kappa shape index (κ2) is 9.63. The van der Waals surface area contributed by atoms with Crippen molar-refractivity contribution < 1.29 is 19.6 Å². The number of nitrogens with zero attached hydrogens (tertiary/aromatic N) is 2. The van der Waals surface area contributed by atoms with Crippen LogP contribution in [0.4, 0.5) is 11.4 Å². The summed E-state index contributed by atoms with van der Waals surface area (Å²) in [7, 11) is 1.68. The first-order valence-electron chi connectivity index (χ1n) is 10.3. The molecule has 1 fully saturated rings. The molecule has 0 aromatic heterocycles. The molecule has 3 N–H and O–H groups in total. The molecule has 0 aliphatic carbocycles. The summed E-state index contributed by atoms with van der Waals surface area (Å²) in [6.07, 6.45) is 0. The van der Waals surface area contributed by atoms with E-state index in [0.29, 0.717) is 0 Å². The van der Waals surface area contributed by atoms with Crippen molar-refractivity contribution in [2.45, 2.75) is 19.9 Å². The first-order chi connectivity index (χ1) is 14.3. The Morgan fingerprint density at radius 2 is 1.70 bits per heavy atom. The van der Waals surface area contributed by atoms with E-state index in [9.17, 15) is 14.7 Å². The molecule has 1 atom stereocenters. The molecule has 160 valence electrons. The van der Waals surface area contributed by atoms with Gasteiger partial charge in [-0.2, -0.15) is 0 Å². The van der Waals surface area contributed by atoms with Gasteiger partial charge < -0.3 is 25.1 Å². The van der Waals surface area contributed by atoms with Crippen molar-refractivity contribution in [2.75, 3.05) is 50.0 Å². The minimum atomic E-state index is -0.204. The molecule has 0 bridgehead atoms. The minimum absolute atomic E-state index is 0.0258. The molecule has 7 nitrogen and oxygen atoms in total. The molecule has 1 aliphatic heterocycles. The number of carbonyl (C=O) groups is 2. The number of amides is 2. The normalized spacial score (nSPS) is 15.5. The third-order valence-electron chi connectivity index (χ3n) is 5.70. The maximum Gasteiger partial charge on any atom is 0.280 e. The fourth-order valence-electron chi connectivity index (χ4n) is 3.78. The van der Waals surface area contributed by atoms with Crippen LogP contribution in [-0.2, 0) is 9.59 Å². The Morgan fingerprint density at radius 3 is 2.30 bits per heavy atom. The van der Waals surface area contributed by atoms with Crippen LogP contribution in [0.2, 0.25) is 0 Å². The van der Waals surface area contributed by atoms with Crippen molar-refractivity contribution in [2.24, 2.45) is 0 Å². The number of anilines is 2. The summed E-state index contributed by atoms with van der Waals surface area (Å²) in [5.41, 5.74) is 2.94. The number of likely N-dealkylation sites (N-methyl/N-ethyl adjacent to an activating group) is 1. The number of phenols is 1. The summed E-state index contributed by atoms with van der Waals surface area (Å²) in [4.78, 5) is 30.1. The van der Waals surface area contributed by atoms with E-state index in [2.05, 4.69) is 10.2 Å². The third-order valence-corrected chi connectivity index (χ3v) is 5.70. The zero-order chi connectivity index (χ0) is 21.7. The van der Waals surface area contributed by atoms with Gasteiger partial charge in [-0.15, -0.1) is 0 Å². The molecule has 7 heteroatoms. The van der Waals surface area contributed by atoms with Gasteiger partial charge in [-0.1, -0.05) is 17.7 Å². The van der Waals surface area contributed by atoms with Gasteiger partial charge in [0.1, 0.15) is 5.75 Å². The molecule has 1 aliphatic rings. The first kappa shape index (κ1) is 21.6. The lowest BCUT2D eigenvalue weighted by Gasteiger charge is -2.36. The average Bonchev–Trinajstić information content (AvgIpc) is 2.75. The van der Waals surface area contributed by atoms with Crippen molar-refractivity contribution in [3.8, 4) is 5.75 Å². The zero-order valence-electron chi connectivity index (χ0n) is 17.9. The quantitative estimate of drug-likeness (QED) is 0.660. The number of quaternary nitrogens is 1. The molecule has 0 radical (unpaired) electrons. The topological polar surface area (TPSA) is 77.3 Å². The van der Waals surface area contributed by atoms with E-state index in [-0.39, 0.29) is 30.2 Å². The number of benzene rings is 2. The van der Waals surface area contributed by atoms with Gasteiger partial charge in [-0.25, -0.2) is 0 Å². The summed E-state index contributed by atoms with van der Waals surface area (Å²) in [6.45, 7) is 7.33. The second-order valence-corrected chi connectivity index (χ2v) is 7.99. The van der Waals surface area contributed by atoms with Crippen LogP contribution in [0.1, 0.15) is 12.5 Å². The van der Waals surface area contributed by atoms with Gasteiger partial charge in [0.2, 0.25) is 5.91 Å². The Kier molecular flexibility index (Phi) is 6.95. The number of hydrogen-bond acceptors (Lipinski definition) is 4. The SMILES string of the molecule is Cc1ccc(NC(=O)CN(C)C(=O)[C@@H](C)[NH+]2CCN(c3ccc(O)cc3)CC2)cc1. The van der Waals surface area contributed by atoms with Crippen molar-refractivity contribution >= 4 is 23.2 Å². The largest absolute Gasteiger partial charge is 0.508 e. The number of carbonyl (C=O) groups excluding carboxylic acids is 2. The fourth-order valence-corrected chi connectivity index (χ4v) is 3.78. The molecule has 30 heavy (non-hydrogen) atoms. The summed E-state index contributed by atoms with van der Waals surface area (Å²) in [5, 5.41) is 12.3. The molecule has 2 aromatic carbocycles. The number of aryl methyl sites for hydroxylation is 1. The van der Waals surface area contributed by atoms with Crippen LogP contribution < -0.4 is 15.1 Å². The molecular weight excluding hydrogens is 380 g/mol. The highest BCUT2D eigenvalue weighted by molar-refractivity contribution is 5.94. The van der Waals surface area contributed by atoms with Crippen LogP contribution in [-0.4, -0.2) is 67.6 Å². The van der Waals surface area contributed by atoms with Crippen LogP contribution in [0.15, 0.2) is 48.5 Å². The zero-order valence-corrected chi connectivity index (χ0v) is 17.9. The van der Waals surface area contributed by atoms with E-state index < -0.39 is 0 Å². The van der Waals surface area contributed by atoms with Crippen molar-refractivity contribution in [1.82, 2.24) is 4.90 Å². The van der Waals surface area contributed by atoms with Crippen LogP contribution in [0.5, 0.6) is 5.75 Å². The van der Waals surface area contributed by atoms with E-state index in [1.165, 1.54) is 9.80 Å². The number of aromatic hydroxyl groups is 1. The predicted molar refractivity (Wildman–Crippen MR) is 118 cm³/mol. The van der Waals surface area contributed by atoms with E-state index in [1.807, 2.05) is 50.2 Å². The van der Waals surface area contributed by atoms with E-state index in [0.717, 1.165) is 43.1 Å². The summed E-state index contributed by atoms with van der Waals surface area (Å²) < 4.78 is 0. The summed E-state index contributed by atoms with van der Waals surface area (Å²) in [5.74, 6) is 0.0351. The maximum absolute atomic E-state index is 12.8. The van der Waals surface area contributed by atoms with Gasteiger partial charge in [0.25, 0.3) is 5.91 Å². The first-order valence-corrected chi connectivity index (χ1v) is 10.3. The molecule has 2 amide bonds. The Balaban J connectivity index is 1.48. The number of piperazine rings is 1. The van der Waals surface area contributed by atoms with Crippen molar-refractivity contribution in [1.29, 1.82) is 0 Å². The molecular formula is C23H31N4O3+. The third kappa shape index (κ3) is 5.51. The lowest BCUT2D eigenvalue weighted by molar-refractivity contribution is -0.915. The monoisotopic (exact) mass is 411 g/mol. The molecule has 1 saturated heterocycles. The van der Waals surface area contributed by atoms with Gasteiger partial charge in [-0.05, 0) is 50.2 Å². The highest BCUT2D eigenvalue weighted by Gasteiger charge is 2.31. The number of hydrogen-bond donors (Lipinski definition) is 3. The van der Waals surface area contributed by atoms with E-state index in [4.69, 9.17) is 0 Å². The lowest BCUT2D eigenvalue weighted by Crippen LogP contribution is -3.19. The highest BCUT2D eigenvalue weighted by Crippen LogP contribution is 2.18. The van der Waals surface area contributed by atoms with Gasteiger partial charge in [0.15, 0.2) is 6.04 Å². The lowest BCUT2D eigenvalue weighted by atomic mass is 10.2. The Labute approximate surface area is 177 Å². The maximum atomic E-state index is 12.8. The number of phenolic OH excluding ortho intramolecular Hbond substituents is 1. The highest BCUT2D eigenvalue weighted by atomic mass is 16.3. The van der Waals surface area contributed by atoms with Crippen molar-refractivity contribution in [3.05, 3.63) is 54.1 Å². The Hall–Kier alpha value is -3.06. The molecule has 0 unspecified atom stereocenters. The Morgan fingerprint density at radius 1 is 1.10 bits per heavy atom. The minimum Gasteiger partial charge on any atom is -0.508 e. The van der Waals surface area contributed by atoms with Crippen LogP contribution >= 0.6 is 0 Å². The fraction of sp³-hybridized carbons (Fsp3) is 0.391. The van der Waals surface area contributed by atoms with Gasteiger partial charge >= 0.3 is 0 Å². The summed E-state index contributed by atoms with van der Waals surface area (Å²) >= 11 is 0. The molecule has 1 heterocycles. The van der Waals surface area contributed by atoms with Crippen LogP contribution in [0, 0.1) is 6.92 Å². The molecule has 2 aromatic rings. The number of rotatable bonds is 6. The average molecular weight is 412 g/mol. The Bertz CT molecular complexity index is 859. The van der Waals surface area contributed by atoms with Gasteiger partial charge in [0.05, 0.1) is 32.7 Å². The smallest absolute Gasteiger partial charge is 0.280 e.